The van der Waals surface area contributed by atoms with Gasteiger partial charge in [0, 0.05) is 6.42 Å². The minimum absolute atomic E-state index is 0.749. The third-order valence-corrected chi connectivity index (χ3v) is 2.67. The molecule has 0 aromatic carbocycles. The summed E-state index contributed by atoms with van der Waals surface area (Å²) < 4.78 is 0. The first-order valence-electron chi connectivity index (χ1n) is 4.62. The van der Waals surface area contributed by atoms with Gasteiger partial charge in [0.05, 0.1) is 6.07 Å². The Morgan fingerprint density at radius 2 is 2.09 bits per heavy atom. The minimum Gasteiger partial charge on any atom is -0.198 e. The van der Waals surface area contributed by atoms with Crippen LogP contribution in [0, 0.1) is 29.1 Å². The van der Waals surface area contributed by atoms with Gasteiger partial charge in [0.2, 0.25) is 0 Å². The molecule has 11 heavy (non-hydrogen) atoms. The molecule has 0 aromatic rings. The van der Waals surface area contributed by atoms with E-state index in [1.807, 2.05) is 0 Å². The number of rotatable bonds is 4. The SMILES string of the molecule is CC(C)C(CCC#N)C1CC1. The van der Waals surface area contributed by atoms with Gasteiger partial charge in [-0.15, -0.1) is 0 Å². The molecule has 0 N–H and O–H groups in total. The van der Waals surface area contributed by atoms with E-state index >= 15 is 0 Å². The van der Waals surface area contributed by atoms with Gasteiger partial charge >= 0.3 is 0 Å². The second-order valence-electron chi connectivity index (χ2n) is 3.94. The molecule has 0 aliphatic heterocycles. The molecule has 1 atom stereocenters. The molecular weight excluding hydrogens is 134 g/mol. The molecule has 1 aliphatic carbocycles. The summed E-state index contributed by atoms with van der Waals surface area (Å²) in [5, 5.41) is 8.45. The van der Waals surface area contributed by atoms with Crippen LogP contribution in [0.25, 0.3) is 0 Å². The van der Waals surface area contributed by atoms with E-state index in [-0.39, 0.29) is 0 Å². The van der Waals surface area contributed by atoms with Crippen molar-refractivity contribution in [2.24, 2.45) is 17.8 Å². The smallest absolute Gasteiger partial charge is 0.0621 e. The fraction of sp³-hybridized carbons (Fsp3) is 0.900. The number of hydrogen-bond donors (Lipinski definition) is 0. The molecule has 1 aliphatic rings. The van der Waals surface area contributed by atoms with E-state index in [1.54, 1.807) is 0 Å². The van der Waals surface area contributed by atoms with Crippen LogP contribution in [0.2, 0.25) is 0 Å². The summed E-state index contributed by atoms with van der Waals surface area (Å²) in [6.45, 7) is 4.56. The first-order valence-corrected chi connectivity index (χ1v) is 4.62. The molecule has 0 amide bonds. The molecule has 1 nitrogen and oxygen atoms in total. The van der Waals surface area contributed by atoms with E-state index in [0.29, 0.717) is 0 Å². The predicted octanol–water partition coefficient (Wildman–Crippen LogP) is 2.97. The van der Waals surface area contributed by atoms with Crippen molar-refractivity contribution < 1.29 is 0 Å². The van der Waals surface area contributed by atoms with Gasteiger partial charge in [0.15, 0.2) is 0 Å². The van der Waals surface area contributed by atoms with E-state index in [2.05, 4.69) is 19.9 Å². The van der Waals surface area contributed by atoms with Crippen LogP contribution in [0.3, 0.4) is 0 Å². The molecule has 1 heteroatoms. The van der Waals surface area contributed by atoms with Crippen molar-refractivity contribution in [2.75, 3.05) is 0 Å². The fourth-order valence-electron chi connectivity index (χ4n) is 1.87. The largest absolute Gasteiger partial charge is 0.198 e. The van der Waals surface area contributed by atoms with E-state index < -0.39 is 0 Å². The predicted molar refractivity (Wildman–Crippen MR) is 45.9 cm³/mol. The fourth-order valence-corrected chi connectivity index (χ4v) is 1.87. The molecule has 1 fully saturated rings. The zero-order valence-corrected chi connectivity index (χ0v) is 7.51. The first kappa shape index (κ1) is 8.59. The molecule has 0 radical (unpaired) electrons. The van der Waals surface area contributed by atoms with E-state index in [4.69, 9.17) is 5.26 Å². The molecule has 62 valence electrons. The Morgan fingerprint density at radius 1 is 1.45 bits per heavy atom. The molecule has 1 unspecified atom stereocenters. The summed E-state index contributed by atoms with van der Waals surface area (Å²) in [5.41, 5.74) is 0. The van der Waals surface area contributed by atoms with Crippen LogP contribution in [0.5, 0.6) is 0 Å². The highest BCUT2D eigenvalue weighted by Crippen LogP contribution is 2.42. The Balaban J connectivity index is 2.28. The van der Waals surface area contributed by atoms with Gasteiger partial charge in [-0.05, 0) is 37.0 Å². The summed E-state index contributed by atoms with van der Waals surface area (Å²) in [4.78, 5) is 0. The van der Waals surface area contributed by atoms with Crippen molar-refractivity contribution in [3.05, 3.63) is 0 Å². The highest BCUT2D eigenvalue weighted by molar-refractivity contribution is 4.85. The molecule has 0 saturated heterocycles. The van der Waals surface area contributed by atoms with Crippen LogP contribution in [-0.2, 0) is 0 Å². The second kappa shape index (κ2) is 3.76. The summed E-state index contributed by atoms with van der Waals surface area (Å²) >= 11 is 0. The Bertz CT molecular complexity index is 149. The van der Waals surface area contributed by atoms with Crippen LogP contribution in [0.4, 0.5) is 0 Å². The normalized spacial score (nSPS) is 19.8. The Morgan fingerprint density at radius 3 is 2.45 bits per heavy atom. The quantitative estimate of drug-likeness (QED) is 0.606. The van der Waals surface area contributed by atoms with Gasteiger partial charge < -0.3 is 0 Å². The molecule has 0 aromatic heterocycles. The van der Waals surface area contributed by atoms with Crippen LogP contribution in [-0.4, -0.2) is 0 Å². The Kier molecular flexibility index (Phi) is 2.93. The average molecular weight is 151 g/mol. The lowest BCUT2D eigenvalue weighted by atomic mass is 9.87. The van der Waals surface area contributed by atoms with Crippen LogP contribution >= 0.6 is 0 Å². The highest BCUT2D eigenvalue weighted by atomic mass is 14.4. The van der Waals surface area contributed by atoms with E-state index in [9.17, 15) is 0 Å². The average Bonchev–Trinajstić information content (AvgIpc) is 2.71. The lowest BCUT2D eigenvalue weighted by Gasteiger charge is -2.18. The van der Waals surface area contributed by atoms with Crippen LogP contribution in [0.1, 0.15) is 39.5 Å². The topological polar surface area (TPSA) is 23.8 Å². The lowest BCUT2D eigenvalue weighted by Crippen LogP contribution is -2.10. The van der Waals surface area contributed by atoms with Crippen molar-refractivity contribution in [1.29, 1.82) is 5.26 Å². The van der Waals surface area contributed by atoms with Crippen molar-refractivity contribution in [3.63, 3.8) is 0 Å². The Labute approximate surface area is 69.4 Å². The van der Waals surface area contributed by atoms with Crippen LogP contribution in [0.15, 0.2) is 0 Å². The second-order valence-corrected chi connectivity index (χ2v) is 3.94. The van der Waals surface area contributed by atoms with Gasteiger partial charge in [0.25, 0.3) is 0 Å². The molecule has 0 spiro atoms. The van der Waals surface area contributed by atoms with Crippen molar-refractivity contribution in [3.8, 4) is 6.07 Å². The molecule has 0 heterocycles. The standard InChI is InChI=1S/C10H17N/c1-8(2)10(4-3-7-11)9-5-6-9/h8-10H,3-6H2,1-2H3. The third-order valence-electron chi connectivity index (χ3n) is 2.67. The van der Waals surface area contributed by atoms with Gasteiger partial charge in [0.1, 0.15) is 0 Å². The van der Waals surface area contributed by atoms with E-state index in [1.165, 1.54) is 12.8 Å². The number of hydrogen-bond acceptors (Lipinski definition) is 1. The number of nitriles is 1. The third kappa shape index (κ3) is 2.54. The van der Waals surface area contributed by atoms with Gasteiger partial charge in [-0.2, -0.15) is 5.26 Å². The number of nitrogens with zero attached hydrogens (tertiary/aromatic N) is 1. The maximum atomic E-state index is 8.45. The minimum atomic E-state index is 0.749. The van der Waals surface area contributed by atoms with Crippen molar-refractivity contribution in [1.82, 2.24) is 0 Å². The Hall–Kier alpha value is -0.510. The van der Waals surface area contributed by atoms with Crippen LogP contribution < -0.4 is 0 Å². The first-order chi connectivity index (χ1) is 5.25. The summed E-state index contributed by atoms with van der Waals surface area (Å²) in [5.74, 6) is 2.56. The van der Waals surface area contributed by atoms with Crippen molar-refractivity contribution >= 4 is 0 Å². The van der Waals surface area contributed by atoms with Crippen molar-refractivity contribution in [2.45, 2.75) is 39.5 Å². The maximum absolute atomic E-state index is 8.45. The van der Waals surface area contributed by atoms with Gasteiger partial charge in [-0.25, -0.2) is 0 Å². The monoisotopic (exact) mass is 151 g/mol. The molecule has 1 saturated carbocycles. The van der Waals surface area contributed by atoms with Gasteiger partial charge in [-0.3, -0.25) is 0 Å². The highest BCUT2D eigenvalue weighted by Gasteiger charge is 2.32. The van der Waals surface area contributed by atoms with Gasteiger partial charge in [-0.1, -0.05) is 13.8 Å². The molecular formula is C10H17N. The molecule has 0 bridgehead atoms. The zero-order chi connectivity index (χ0) is 8.27. The lowest BCUT2D eigenvalue weighted by molar-refractivity contribution is 0.321. The summed E-state index contributed by atoms with van der Waals surface area (Å²) in [6, 6.07) is 2.24. The maximum Gasteiger partial charge on any atom is 0.0621 e. The molecule has 1 rings (SSSR count). The summed E-state index contributed by atoms with van der Waals surface area (Å²) in [6.07, 6.45) is 4.70. The van der Waals surface area contributed by atoms with E-state index in [0.717, 1.165) is 30.6 Å². The summed E-state index contributed by atoms with van der Waals surface area (Å²) in [7, 11) is 0. The zero-order valence-electron chi connectivity index (χ0n) is 7.51.